The molecule has 11 rings (SSSR count). The standard InChI is InChI=1S/C54H61N11O7/c1-31-30-61(34-14-17-60(18-15-34)35-7-9-38-39(25-35)51(69)65(50(38)68)41-10-12-45(66)59-48(41)67)19-20-62(31)36-8-11-44(56-29-36)58-40-23-33(28-57-49(40)72-6)37-13-16-55-47(46(37)54(4,5)71)64-22-21-63-42(52(64)70)24-32-26-53(2,3)27-43(32)63/h7-9,11,13,16,23-25,28-29,31,34,41,71H,10,12,14-15,17-22,26-27,30H2,1-6H3,(H,56,58)(H,59,66,67)/t31-,41?/m0/s1. The molecule has 0 bridgehead atoms. The second-order valence-corrected chi connectivity index (χ2v) is 21.5. The Morgan fingerprint density at radius 3 is 2.31 bits per heavy atom. The fourth-order valence-electron chi connectivity index (χ4n) is 12.1. The summed E-state index contributed by atoms with van der Waals surface area (Å²) in [6.07, 6.45) is 9.27. The minimum atomic E-state index is -1.36. The number of carbonyl (C=O) groups excluding carboxylic acids is 5. The average Bonchev–Trinajstić information content (AvgIpc) is 3.94. The molecule has 0 radical (unpaired) electrons. The number of ether oxygens (including phenoxy) is 1. The first-order chi connectivity index (χ1) is 34.5. The van der Waals surface area contributed by atoms with Gasteiger partial charge >= 0.3 is 0 Å². The van der Waals surface area contributed by atoms with E-state index in [4.69, 9.17) is 14.7 Å². The van der Waals surface area contributed by atoms with Gasteiger partial charge in [0.2, 0.25) is 17.7 Å². The Hall–Kier alpha value is -7.18. The number of methoxy groups -OCH3 is 1. The van der Waals surface area contributed by atoms with Crippen LogP contribution in [0.5, 0.6) is 5.88 Å². The fraction of sp³-hybridized carbons (Fsp3) is 0.444. The predicted octanol–water partition coefficient (Wildman–Crippen LogP) is 5.69. The number of aliphatic hydroxyl groups is 1. The van der Waals surface area contributed by atoms with Crippen molar-refractivity contribution in [2.45, 2.75) is 103 Å². The van der Waals surface area contributed by atoms with E-state index in [1.165, 1.54) is 11.3 Å². The van der Waals surface area contributed by atoms with E-state index >= 15 is 0 Å². The molecular weight excluding hydrogens is 915 g/mol. The van der Waals surface area contributed by atoms with Gasteiger partial charge in [-0.2, -0.15) is 0 Å². The fourth-order valence-corrected chi connectivity index (χ4v) is 12.1. The van der Waals surface area contributed by atoms with Gasteiger partial charge in [0.1, 0.15) is 29.1 Å². The van der Waals surface area contributed by atoms with Crippen molar-refractivity contribution in [2.75, 3.05) is 66.4 Å². The molecule has 1 unspecified atom stereocenters. The van der Waals surface area contributed by atoms with E-state index in [1.54, 1.807) is 50.4 Å². The number of amides is 5. The number of nitrogens with one attached hydrogen (secondary N) is 2. The number of imide groups is 2. The number of piperazine rings is 1. The maximum atomic E-state index is 14.2. The van der Waals surface area contributed by atoms with E-state index in [9.17, 15) is 29.1 Å². The summed E-state index contributed by atoms with van der Waals surface area (Å²) in [6.45, 7) is 15.5. The Morgan fingerprint density at radius 1 is 0.806 bits per heavy atom. The van der Waals surface area contributed by atoms with Crippen LogP contribution in [0.25, 0.3) is 11.1 Å². The van der Waals surface area contributed by atoms with Gasteiger partial charge in [0.15, 0.2) is 0 Å². The van der Waals surface area contributed by atoms with E-state index in [0.29, 0.717) is 70.3 Å². The van der Waals surface area contributed by atoms with E-state index < -0.39 is 35.3 Å². The maximum Gasteiger partial charge on any atom is 0.276 e. The lowest BCUT2D eigenvalue weighted by atomic mass is 9.89. The van der Waals surface area contributed by atoms with Gasteiger partial charge in [0.25, 0.3) is 17.7 Å². The molecule has 5 aliphatic heterocycles. The highest BCUT2D eigenvalue weighted by Crippen LogP contribution is 2.43. The van der Waals surface area contributed by atoms with Gasteiger partial charge in [-0.1, -0.05) is 13.8 Å². The molecule has 3 N–H and O–H groups in total. The van der Waals surface area contributed by atoms with Crippen LogP contribution < -0.4 is 30.1 Å². The molecule has 18 heteroatoms. The largest absolute Gasteiger partial charge is 0.480 e. The van der Waals surface area contributed by atoms with Crippen LogP contribution in [0.1, 0.15) is 108 Å². The van der Waals surface area contributed by atoms with Gasteiger partial charge in [-0.25, -0.2) is 15.0 Å². The van der Waals surface area contributed by atoms with Gasteiger partial charge < -0.3 is 29.5 Å². The first kappa shape index (κ1) is 47.2. The monoisotopic (exact) mass is 975 g/mol. The van der Waals surface area contributed by atoms with Crippen molar-refractivity contribution in [3.63, 3.8) is 0 Å². The van der Waals surface area contributed by atoms with Gasteiger partial charge in [0.05, 0.1) is 35.7 Å². The lowest BCUT2D eigenvalue weighted by molar-refractivity contribution is -0.136. The number of pyridine rings is 3. The number of carbonyl (C=O) groups is 5. The zero-order chi connectivity index (χ0) is 50.4. The van der Waals surface area contributed by atoms with Crippen molar-refractivity contribution in [1.82, 2.24) is 34.6 Å². The molecule has 5 aromatic rings. The summed E-state index contributed by atoms with van der Waals surface area (Å²) in [5.41, 5.74) is 6.98. The minimum Gasteiger partial charge on any atom is -0.480 e. The second-order valence-electron chi connectivity index (χ2n) is 21.5. The number of rotatable bonds is 10. The molecule has 72 heavy (non-hydrogen) atoms. The van der Waals surface area contributed by atoms with Gasteiger partial charge in [-0.15, -0.1) is 0 Å². The first-order valence-corrected chi connectivity index (χ1v) is 25.1. The number of piperidine rings is 2. The summed E-state index contributed by atoms with van der Waals surface area (Å²) >= 11 is 0. The molecule has 374 valence electrons. The van der Waals surface area contributed by atoms with Crippen LogP contribution in [0.15, 0.2) is 67.1 Å². The lowest BCUT2D eigenvalue weighted by Gasteiger charge is -2.46. The Morgan fingerprint density at radius 2 is 1.58 bits per heavy atom. The van der Waals surface area contributed by atoms with E-state index in [-0.39, 0.29) is 35.8 Å². The van der Waals surface area contributed by atoms with Crippen LogP contribution in [-0.2, 0) is 34.6 Å². The highest BCUT2D eigenvalue weighted by Gasteiger charge is 2.45. The van der Waals surface area contributed by atoms with E-state index in [2.05, 4.69) is 61.7 Å². The third-order valence-electron chi connectivity index (χ3n) is 15.5. The molecule has 5 amide bonds. The molecular formula is C54H61N11O7. The van der Waals surface area contributed by atoms with E-state index in [1.807, 2.05) is 36.5 Å². The molecule has 3 saturated heterocycles. The normalized spacial score (nSPS) is 21.5. The summed E-state index contributed by atoms with van der Waals surface area (Å²) in [5, 5.41) is 17.4. The summed E-state index contributed by atoms with van der Waals surface area (Å²) in [6, 6.07) is 14.8. The molecule has 1 aromatic carbocycles. The van der Waals surface area contributed by atoms with Crippen LogP contribution in [0, 0.1) is 5.41 Å². The zero-order valence-corrected chi connectivity index (χ0v) is 41.7. The smallest absolute Gasteiger partial charge is 0.276 e. The number of hydrogen-bond donors (Lipinski definition) is 3. The number of hydrogen-bond acceptors (Lipinski definition) is 14. The lowest BCUT2D eigenvalue weighted by Crippen LogP contribution is -2.57. The van der Waals surface area contributed by atoms with Crippen molar-refractivity contribution in [3.05, 3.63) is 101 Å². The molecule has 9 heterocycles. The summed E-state index contributed by atoms with van der Waals surface area (Å²) in [7, 11) is 1.57. The average molecular weight is 976 g/mol. The molecule has 6 aliphatic rings. The molecule has 0 spiro atoms. The van der Waals surface area contributed by atoms with Crippen molar-refractivity contribution >= 4 is 58.2 Å². The predicted molar refractivity (Wildman–Crippen MR) is 271 cm³/mol. The Balaban J connectivity index is 0.732. The first-order valence-electron chi connectivity index (χ1n) is 25.1. The molecule has 3 fully saturated rings. The van der Waals surface area contributed by atoms with Crippen LogP contribution in [0.3, 0.4) is 0 Å². The minimum absolute atomic E-state index is 0.0815. The van der Waals surface area contributed by atoms with Crippen LogP contribution in [0.4, 0.5) is 28.7 Å². The highest BCUT2D eigenvalue weighted by atomic mass is 16.5. The summed E-state index contributed by atoms with van der Waals surface area (Å²) in [5.74, 6) is -0.720. The second kappa shape index (κ2) is 17.8. The molecule has 4 aromatic heterocycles. The third-order valence-corrected chi connectivity index (χ3v) is 15.5. The van der Waals surface area contributed by atoms with Crippen LogP contribution >= 0.6 is 0 Å². The Kier molecular flexibility index (Phi) is 11.7. The summed E-state index contributed by atoms with van der Waals surface area (Å²) < 4.78 is 7.88. The summed E-state index contributed by atoms with van der Waals surface area (Å²) in [4.78, 5) is 89.4. The number of benzene rings is 1. The third kappa shape index (κ3) is 8.32. The van der Waals surface area contributed by atoms with E-state index in [0.717, 1.165) is 74.7 Å². The zero-order valence-electron chi connectivity index (χ0n) is 41.7. The van der Waals surface area contributed by atoms with Gasteiger partial charge in [-0.05, 0) is 118 Å². The quantitative estimate of drug-likeness (QED) is 0.144. The number of nitrogens with zero attached hydrogens (tertiary/aromatic N) is 9. The Labute approximate surface area is 418 Å². The van der Waals surface area contributed by atoms with Crippen LogP contribution in [-0.4, -0.2) is 128 Å². The van der Waals surface area contributed by atoms with Gasteiger partial charge in [-0.3, -0.25) is 44.0 Å². The van der Waals surface area contributed by atoms with Crippen molar-refractivity contribution in [1.29, 1.82) is 0 Å². The maximum absolute atomic E-state index is 14.2. The van der Waals surface area contributed by atoms with Gasteiger partial charge in [0, 0.05) is 99.2 Å². The highest BCUT2D eigenvalue weighted by molar-refractivity contribution is 6.23. The SMILES string of the molecule is COc1ncc(-c2ccnc(N3CCn4c(cc5c4CC(C)(C)C5)C3=O)c2C(C)(C)O)cc1Nc1ccc(N2CCN(C3CCN(c4ccc5c(c4)C(=O)N(C4CCC(=O)NC4=O)C5=O)CC3)C[C@@H]2C)cn1. The molecule has 18 nitrogen and oxygen atoms in total. The molecule has 1 aliphatic carbocycles. The van der Waals surface area contributed by atoms with Crippen molar-refractivity contribution in [2.24, 2.45) is 5.41 Å². The number of aromatic nitrogens is 4. The molecule has 0 saturated carbocycles. The number of fused-ring (bicyclic) bond motifs is 4. The van der Waals surface area contributed by atoms with Crippen LogP contribution in [0.2, 0.25) is 0 Å². The topological polar surface area (TPSA) is 199 Å². The van der Waals surface area contributed by atoms with Crippen molar-refractivity contribution < 1.29 is 33.8 Å². The van der Waals surface area contributed by atoms with Crippen molar-refractivity contribution in [3.8, 4) is 17.0 Å². The number of anilines is 5. The molecule has 2 atom stereocenters. The Bertz CT molecular complexity index is 3040.